The lowest BCUT2D eigenvalue weighted by atomic mass is 10.2. The summed E-state index contributed by atoms with van der Waals surface area (Å²) in [6, 6.07) is 6.24. The van der Waals surface area contributed by atoms with E-state index in [9.17, 15) is 14.4 Å². The summed E-state index contributed by atoms with van der Waals surface area (Å²) >= 11 is 1.60. The highest BCUT2D eigenvalue weighted by atomic mass is 32.2. The van der Waals surface area contributed by atoms with Gasteiger partial charge in [-0.2, -0.15) is 11.8 Å². The molecule has 8 heteroatoms. The summed E-state index contributed by atoms with van der Waals surface area (Å²) in [6.07, 6.45) is 2.50. The lowest BCUT2D eigenvalue weighted by Gasteiger charge is -2.13. The van der Waals surface area contributed by atoms with E-state index in [1.807, 2.05) is 18.4 Å². The van der Waals surface area contributed by atoms with E-state index in [1.165, 1.54) is 0 Å². The predicted octanol–water partition coefficient (Wildman–Crippen LogP) is 0.985. The molecular formula is C16H21N3O4S. The highest BCUT2D eigenvalue weighted by Gasteiger charge is 2.38. The third kappa shape index (κ3) is 4.64. The van der Waals surface area contributed by atoms with Crippen molar-refractivity contribution >= 4 is 29.6 Å². The lowest BCUT2D eigenvalue weighted by Crippen LogP contribution is -2.41. The summed E-state index contributed by atoms with van der Waals surface area (Å²) in [5.74, 6) is 0.794. The van der Waals surface area contributed by atoms with E-state index in [1.54, 1.807) is 31.0 Å². The van der Waals surface area contributed by atoms with Gasteiger partial charge in [-0.15, -0.1) is 0 Å². The van der Waals surface area contributed by atoms with Crippen molar-refractivity contribution < 1.29 is 19.1 Å². The number of carbonyl (C=O) groups is 3. The normalized spacial score (nSPS) is 16.9. The fourth-order valence-corrected chi connectivity index (χ4v) is 2.77. The van der Waals surface area contributed by atoms with Crippen LogP contribution in [0.15, 0.2) is 24.3 Å². The van der Waals surface area contributed by atoms with E-state index >= 15 is 0 Å². The maximum Gasteiger partial charge on any atom is 0.325 e. The minimum atomic E-state index is -0.528. The van der Waals surface area contributed by atoms with Crippen molar-refractivity contribution in [2.45, 2.75) is 19.0 Å². The number of hydrogen-bond donors (Lipinski definition) is 2. The van der Waals surface area contributed by atoms with Crippen molar-refractivity contribution in [3.05, 3.63) is 29.8 Å². The number of urea groups is 1. The Balaban J connectivity index is 1.83. The Morgan fingerprint density at radius 2 is 2.04 bits per heavy atom. The zero-order valence-electron chi connectivity index (χ0n) is 13.7. The molecule has 1 aromatic rings. The Morgan fingerprint density at radius 1 is 1.33 bits per heavy atom. The molecule has 1 aromatic carbocycles. The molecule has 24 heavy (non-hydrogen) atoms. The summed E-state index contributed by atoms with van der Waals surface area (Å²) in [6.45, 7) is 0.0545. The van der Waals surface area contributed by atoms with Gasteiger partial charge in [-0.3, -0.25) is 14.5 Å². The maximum absolute atomic E-state index is 12.1. The van der Waals surface area contributed by atoms with Crippen LogP contribution in [0, 0.1) is 0 Å². The highest BCUT2D eigenvalue weighted by molar-refractivity contribution is 7.98. The van der Waals surface area contributed by atoms with Crippen LogP contribution in [0.4, 0.5) is 4.79 Å². The zero-order chi connectivity index (χ0) is 17.5. The molecule has 0 saturated carbocycles. The van der Waals surface area contributed by atoms with Crippen LogP contribution < -0.4 is 15.4 Å². The molecule has 0 bridgehead atoms. The van der Waals surface area contributed by atoms with Gasteiger partial charge >= 0.3 is 6.03 Å². The van der Waals surface area contributed by atoms with Gasteiger partial charge in [0, 0.05) is 6.54 Å². The van der Waals surface area contributed by atoms with Gasteiger partial charge in [0.25, 0.3) is 5.91 Å². The smallest absolute Gasteiger partial charge is 0.325 e. The number of ether oxygens (including phenoxy) is 1. The van der Waals surface area contributed by atoms with Crippen LogP contribution in [0.1, 0.15) is 12.0 Å². The maximum atomic E-state index is 12.1. The minimum absolute atomic E-state index is 0.267. The quantitative estimate of drug-likeness (QED) is 0.682. The third-order valence-electron chi connectivity index (χ3n) is 3.67. The number of benzene rings is 1. The van der Waals surface area contributed by atoms with Crippen molar-refractivity contribution in [1.29, 1.82) is 0 Å². The number of carbonyl (C=O) groups excluding carboxylic acids is 3. The summed E-state index contributed by atoms with van der Waals surface area (Å²) in [7, 11) is 1.58. The Kier molecular flexibility index (Phi) is 6.48. The van der Waals surface area contributed by atoms with Gasteiger partial charge in [0.1, 0.15) is 18.3 Å². The van der Waals surface area contributed by atoms with Crippen LogP contribution in [0.5, 0.6) is 5.75 Å². The van der Waals surface area contributed by atoms with Crippen molar-refractivity contribution in [2.24, 2.45) is 0 Å². The van der Waals surface area contributed by atoms with Crippen molar-refractivity contribution in [3.8, 4) is 5.75 Å². The molecule has 1 aliphatic rings. The second-order valence-corrected chi connectivity index (χ2v) is 6.32. The van der Waals surface area contributed by atoms with Crippen LogP contribution in [0.2, 0.25) is 0 Å². The summed E-state index contributed by atoms with van der Waals surface area (Å²) < 4.78 is 5.07. The SMILES string of the molecule is COc1ccc(CNC(=O)CN2C(=O)NC(CCSC)C2=O)cc1. The lowest BCUT2D eigenvalue weighted by molar-refractivity contribution is -0.132. The topological polar surface area (TPSA) is 87.7 Å². The fraction of sp³-hybridized carbons (Fsp3) is 0.438. The Bertz CT molecular complexity index is 606. The third-order valence-corrected chi connectivity index (χ3v) is 4.31. The molecule has 0 aromatic heterocycles. The van der Waals surface area contributed by atoms with Crippen molar-refractivity contribution in [3.63, 3.8) is 0 Å². The Labute approximate surface area is 145 Å². The predicted molar refractivity (Wildman–Crippen MR) is 91.9 cm³/mol. The molecule has 0 spiro atoms. The molecule has 2 rings (SSSR count). The second-order valence-electron chi connectivity index (χ2n) is 5.33. The average Bonchev–Trinajstić information content (AvgIpc) is 2.86. The number of rotatable bonds is 8. The first kappa shape index (κ1) is 18.1. The first-order valence-electron chi connectivity index (χ1n) is 7.55. The van der Waals surface area contributed by atoms with E-state index in [-0.39, 0.29) is 18.4 Å². The van der Waals surface area contributed by atoms with E-state index in [4.69, 9.17) is 4.74 Å². The standard InChI is InChI=1S/C16H21N3O4S/c1-23-12-5-3-11(4-6-12)9-17-14(20)10-19-15(21)13(7-8-24-2)18-16(19)22/h3-6,13H,7-10H2,1-2H3,(H,17,20)(H,18,22). The molecule has 1 atom stereocenters. The molecule has 0 aliphatic carbocycles. The molecular weight excluding hydrogens is 330 g/mol. The van der Waals surface area contributed by atoms with Crippen LogP contribution in [-0.2, 0) is 16.1 Å². The highest BCUT2D eigenvalue weighted by Crippen LogP contribution is 2.12. The fourth-order valence-electron chi connectivity index (χ4n) is 2.30. The number of amides is 4. The zero-order valence-corrected chi connectivity index (χ0v) is 14.5. The van der Waals surface area contributed by atoms with Crippen molar-refractivity contribution in [2.75, 3.05) is 25.7 Å². The van der Waals surface area contributed by atoms with E-state index in [2.05, 4.69) is 10.6 Å². The monoisotopic (exact) mass is 351 g/mol. The van der Waals surface area contributed by atoms with E-state index in [0.717, 1.165) is 22.0 Å². The molecule has 1 unspecified atom stereocenters. The van der Waals surface area contributed by atoms with Crippen LogP contribution in [0.3, 0.4) is 0 Å². The molecule has 1 fully saturated rings. The molecule has 0 radical (unpaired) electrons. The van der Waals surface area contributed by atoms with Crippen LogP contribution >= 0.6 is 11.8 Å². The Hall–Kier alpha value is -2.22. The molecule has 1 saturated heterocycles. The van der Waals surface area contributed by atoms with Gasteiger partial charge in [0.05, 0.1) is 7.11 Å². The summed E-state index contributed by atoms with van der Waals surface area (Å²) in [5, 5.41) is 5.32. The van der Waals surface area contributed by atoms with Crippen molar-refractivity contribution in [1.82, 2.24) is 15.5 Å². The Morgan fingerprint density at radius 3 is 2.67 bits per heavy atom. The first-order chi connectivity index (χ1) is 11.5. The first-order valence-corrected chi connectivity index (χ1v) is 8.95. The van der Waals surface area contributed by atoms with Crippen LogP contribution in [0.25, 0.3) is 0 Å². The molecule has 2 N–H and O–H groups in total. The number of hydrogen-bond acceptors (Lipinski definition) is 5. The van der Waals surface area contributed by atoms with Gasteiger partial charge in [-0.05, 0) is 36.1 Å². The number of nitrogens with zero attached hydrogens (tertiary/aromatic N) is 1. The molecule has 1 aliphatic heterocycles. The second kappa shape index (κ2) is 8.58. The summed E-state index contributed by atoms with van der Waals surface area (Å²) in [4.78, 5) is 36.9. The number of thioether (sulfide) groups is 1. The van der Waals surface area contributed by atoms with Gasteiger partial charge < -0.3 is 15.4 Å². The molecule has 7 nitrogen and oxygen atoms in total. The van der Waals surface area contributed by atoms with Crippen LogP contribution in [-0.4, -0.2) is 54.5 Å². The number of imide groups is 1. The van der Waals surface area contributed by atoms with Gasteiger partial charge in [-0.25, -0.2) is 4.79 Å². The molecule has 4 amide bonds. The average molecular weight is 351 g/mol. The largest absolute Gasteiger partial charge is 0.497 e. The van der Waals surface area contributed by atoms with Gasteiger partial charge in [0.15, 0.2) is 0 Å². The van der Waals surface area contributed by atoms with Gasteiger partial charge in [0.2, 0.25) is 5.91 Å². The molecule has 130 valence electrons. The number of methoxy groups -OCH3 is 1. The minimum Gasteiger partial charge on any atom is -0.497 e. The molecule has 1 heterocycles. The summed E-state index contributed by atoms with van der Waals surface area (Å²) in [5.41, 5.74) is 0.902. The van der Waals surface area contributed by atoms with E-state index < -0.39 is 12.1 Å². The van der Waals surface area contributed by atoms with Gasteiger partial charge in [-0.1, -0.05) is 12.1 Å². The number of nitrogens with one attached hydrogen (secondary N) is 2. The van der Waals surface area contributed by atoms with E-state index in [0.29, 0.717) is 13.0 Å².